The van der Waals surface area contributed by atoms with Crippen LogP contribution in [0.25, 0.3) is 11.1 Å². The molecule has 0 unspecified atom stereocenters. The molecule has 0 atom stereocenters. The zero-order chi connectivity index (χ0) is 17.9. The number of ether oxygens (including phenoxy) is 1. The van der Waals surface area contributed by atoms with Gasteiger partial charge in [0.15, 0.2) is 0 Å². The molecule has 1 amide bonds. The summed E-state index contributed by atoms with van der Waals surface area (Å²) in [7, 11) is 0. The molecule has 2 aromatic rings. The van der Waals surface area contributed by atoms with Crippen molar-refractivity contribution in [1.82, 2.24) is 5.32 Å². The van der Waals surface area contributed by atoms with Gasteiger partial charge >= 0.3 is 6.09 Å². The van der Waals surface area contributed by atoms with Crippen molar-refractivity contribution >= 4 is 6.09 Å². The highest BCUT2D eigenvalue weighted by atomic mass is 16.6. The first-order chi connectivity index (χ1) is 12.2. The lowest BCUT2D eigenvalue weighted by atomic mass is 10.0. The SMILES string of the molecule is CCCCCCCCNC(=O)Oc1ccccc1-c1ccccc1O. The molecule has 0 spiro atoms. The van der Waals surface area contributed by atoms with Gasteiger partial charge in [-0.1, -0.05) is 75.4 Å². The van der Waals surface area contributed by atoms with Crippen LogP contribution in [0.4, 0.5) is 4.79 Å². The van der Waals surface area contributed by atoms with Crippen LogP contribution in [0.1, 0.15) is 45.4 Å². The molecule has 2 rings (SSSR count). The Kier molecular flexibility index (Phi) is 7.83. The van der Waals surface area contributed by atoms with Gasteiger partial charge in [0.1, 0.15) is 11.5 Å². The number of phenols is 1. The molecule has 4 heteroatoms. The Labute approximate surface area is 149 Å². The smallest absolute Gasteiger partial charge is 0.412 e. The lowest BCUT2D eigenvalue weighted by Crippen LogP contribution is -2.27. The first-order valence-corrected chi connectivity index (χ1v) is 9.05. The maximum atomic E-state index is 12.0. The van der Waals surface area contributed by atoms with Gasteiger partial charge in [-0.2, -0.15) is 0 Å². The Morgan fingerprint density at radius 1 is 0.920 bits per heavy atom. The average Bonchev–Trinajstić information content (AvgIpc) is 2.62. The molecular formula is C21H27NO3. The van der Waals surface area contributed by atoms with E-state index in [-0.39, 0.29) is 5.75 Å². The van der Waals surface area contributed by atoms with E-state index in [2.05, 4.69) is 12.2 Å². The highest BCUT2D eigenvalue weighted by Gasteiger charge is 2.12. The summed E-state index contributed by atoms with van der Waals surface area (Å²) in [6.45, 7) is 2.81. The number of nitrogens with one attached hydrogen (secondary N) is 1. The molecule has 4 nitrogen and oxygen atoms in total. The molecule has 0 aliphatic carbocycles. The van der Waals surface area contributed by atoms with Crippen LogP contribution in [-0.2, 0) is 0 Å². The number of phenolic OH excluding ortho intramolecular Hbond substituents is 1. The standard InChI is InChI=1S/C21H27NO3/c1-2-3-4-5-6-11-16-22-21(24)25-20-15-10-8-13-18(20)17-12-7-9-14-19(17)23/h7-10,12-15,23H,2-6,11,16H2,1H3,(H,22,24). The first-order valence-electron chi connectivity index (χ1n) is 9.05. The fourth-order valence-electron chi connectivity index (χ4n) is 2.71. The van der Waals surface area contributed by atoms with E-state index < -0.39 is 6.09 Å². The van der Waals surface area contributed by atoms with Crippen molar-refractivity contribution in [2.24, 2.45) is 0 Å². The monoisotopic (exact) mass is 341 g/mol. The van der Waals surface area contributed by atoms with Crippen LogP contribution >= 0.6 is 0 Å². The van der Waals surface area contributed by atoms with Crippen LogP contribution in [-0.4, -0.2) is 17.7 Å². The van der Waals surface area contributed by atoms with Crippen LogP contribution in [0.3, 0.4) is 0 Å². The number of aromatic hydroxyl groups is 1. The predicted octanol–water partition coefficient (Wildman–Crippen LogP) is 5.51. The zero-order valence-corrected chi connectivity index (χ0v) is 14.8. The van der Waals surface area contributed by atoms with E-state index in [1.165, 1.54) is 25.7 Å². The number of hydrogen-bond donors (Lipinski definition) is 2. The van der Waals surface area contributed by atoms with E-state index in [1.807, 2.05) is 18.2 Å². The molecule has 0 aromatic heterocycles. The van der Waals surface area contributed by atoms with Crippen molar-refractivity contribution in [3.63, 3.8) is 0 Å². The van der Waals surface area contributed by atoms with Gasteiger partial charge in [0.05, 0.1) is 0 Å². The second-order valence-corrected chi connectivity index (χ2v) is 6.10. The van der Waals surface area contributed by atoms with E-state index in [1.54, 1.807) is 30.3 Å². The minimum atomic E-state index is -0.462. The lowest BCUT2D eigenvalue weighted by molar-refractivity contribution is 0.200. The van der Waals surface area contributed by atoms with Crippen molar-refractivity contribution in [2.45, 2.75) is 45.4 Å². The van der Waals surface area contributed by atoms with Gasteiger partial charge in [-0.3, -0.25) is 0 Å². The molecule has 2 N–H and O–H groups in total. The summed E-state index contributed by atoms with van der Waals surface area (Å²) >= 11 is 0. The lowest BCUT2D eigenvalue weighted by Gasteiger charge is -2.12. The molecule has 0 aliphatic heterocycles. The molecule has 0 bridgehead atoms. The Bertz CT molecular complexity index is 670. The Balaban J connectivity index is 1.86. The van der Waals surface area contributed by atoms with Crippen molar-refractivity contribution in [1.29, 1.82) is 0 Å². The summed E-state index contributed by atoms with van der Waals surface area (Å²) in [6, 6.07) is 14.2. The van der Waals surface area contributed by atoms with Gasteiger partial charge in [0.25, 0.3) is 0 Å². The summed E-state index contributed by atoms with van der Waals surface area (Å²) in [6.07, 6.45) is 6.60. The van der Waals surface area contributed by atoms with Crippen LogP contribution < -0.4 is 10.1 Å². The number of benzene rings is 2. The number of carbonyl (C=O) groups excluding carboxylic acids is 1. The van der Waals surface area contributed by atoms with Gasteiger partial charge in [-0.25, -0.2) is 4.79 Å². The van der Waals surface area contributed by atoms with Crippen molar-refractivity contribution in [2.75, 3.05) is 6.54 Å². The van der Waals surface area contributed by atoms with Crippen molar-refractivity contribution < 1.29 is 14.6 Å². The maximum Gasteiger partial charge on any atom is 0.412 e. The fraction of sp³-hybridized carbons (Fsp3) is 0.381. The van der Waals surface area contributed by atoms with Crippen LogP contribution in [0.5, 0.6) is 11.5 Å². The van der Waals surface area contributed by atoms with E-state index in [0.717, 1.165) is 12.8 Å². The topological polar surface area (TPSA) is 58.6 Å². The first kappa shape index (κ1) is 18.8. The predicted molar refractivity (Wildman–Crippen MR) is 101 cm³/mol. The second kappa shape index (κ2) is 10.4. The van der Waals surface area contributed by atoms with Crippen LogP contribution in [0.2, 0.25) is 0 Å². The molecule has 25 heavy (non-hydrogen) atoms. The van der Waals surface area contributed by atoms with Gasteiger partial charge < -0.3 is 15.2 Å². The van der Waals surface area contributed by atoms with Crippen molar-refractivity contribution in [3.05, 3.63) is 48.5 Å². The highest BCUT2D eigenvalue weighted by Crippen LogP contribution is 2.35. The third kappa shape index (κ3) is 6.14. The van der Waals surface area contributed by atoms with Crippen molar-refractivity contribution in [3.8, 4) is 22.6 Å². The number of unbranched alkanes of at least 4 members (excludes halogenated alkanes) is 5. The fourth-order valence-corrected chi connectivity index (χ4v) is 2.71. The number of hydrogen-bond acceptors (Lipinski definition) is 3. The number of para-hydroxylation sites is 2. The molecule has 2 aromatic carbocycles. The molecule has 0 heterocycles. The third-order valence-electron chi connectivity index (χ3n) is 4.08. The number of amides is 1. The summed E-state index contributed by atoms with van der Waals surface area (Å²) in [5.74, 6) is 0.593. The number of carbonyl (C=O) groups is 1. The molecule has 0 radical (unpaired) electrons. The normalized spacial score (nSPS) is 10.4. The summed E-state index contributed by atoms with van der Waals surface area (Å²) in [5, 5.41) is 12.8. The maximum absolute atomic E-state index is 12.0. The summed E-state index contributed by atoms with van der Waals surface area (Å²) in [4.78, 5) is 12.0. The minimum Gasteiger partial charge on any atom is -0.507 e. The molecule has 0 fully saturated rings. The van der Waals surface area contributed by atoms with Gasteiger partial charge in [0.2, 0.25) is 0 Å². The zero-order valence-electron chi connectivity index (χ0n) is 14.8. The van der Waals surface area contributed by atoms with Gasteiger partial charge in [-0.15, -0.1) is 0 Å². The van der Waals surface area contributed by atoms with E-state index >= 15 is 0 Å². The van der Waals surface area contributed by atoms with Gasteiger partial charge in [0, 0.05) is 17.7 Å². The van der Waals surface area contributed by atoms with Gasteiger partial charge in [-0.05, 0) is 18.6 Å². The third-order valence-corrected chi connectivity index (χ3v) is 4.08. The minimum absolute atomic E-state index is 0.158. The molecular weight excluding hydrogens is 314 g/mol. The molecule has 0 aliphatic rings. The largest absolute Gasteiger partial charge is 0.507 e. The summed E-state index contributed by atoms with van der Waals surface area (Å²) < 4.78 is 5.44. The highest BCUT2D eigenvalue weighted by molar-refractivity contribution is 5.79. The van der Waals surface area contributed by atoms with E-state index in [4.69, 9.17) is 4.74 Å². The van der Waals surface area contributed by atoms with E-state index in [9.17, 15) is 9.90 Å². The average molecular weight is 341 g/mol. The summed E-state index contributed by atoms with van der Waals surface area (Å²) in [5.41, 5.74) is 1.33. The Morgan fingerprint density at radius 2 is 1.56 bits per heavy atom. The Morgan fingerprint density at radius 3 is 2.32 bits per heavy atom. The molecule has 0 saturated carbocycles. The quantitative estimate of drug-likeness (QED) is 0.591. The second-order valence-electron chi connectivity index (χ2n) is 6.10. The molecule has 134 valence electrons. The van der Waals surface area contributed by atoms with E-state index in [0.29, 0.717) is 23.4 Å². The number of rotatable bonds is 9. The Hall–Kier alpha value is -2.49. The van der Waals surface area contributed by atoms with Crippen LogP contribution in [0.15, 0.2) is 48.5 Å². The van der Waals surface area contributed by atoms with Crippen LogP contribution in [0, 0.1) is 0 Å². The molecule has 0 saturated heterocycles.